The highest BCUT2D eigenvalue weighted by Crippen LogP contribution is 2.53. The maximum atomic E-state index is 12.9. The summed E-state index contributed by atoms with van der Waals surface area (Å²) in [5.41, 5.74) is 0.826. The van der Waals surface area contributed by atoms with Gasteiger partial charge in [0, 0.05) is 6.04 Å². The number of aliphatic hydroxyl groups is 2. The molecule has 3 aliphatic carbocycles. The number of aromatic nitrogens is 2. The first-order valence-corrected chi connectivity index (χ1v) is 11.0. The van der Waals surface area contributed by atoms with Crippen LogP contribution < -0.4 is 5.32 Å². The zero-order valence-electron chi connectivity index (χ0n) is 17.3. The van der Waals surface area contributed by atoms with Gasteiger partial charge in [-0.25, -0.2) is 4.98 Å². The molecule has 6 heteroatoms. The molecule has 2 aromatic rings. The van der Waals surface area contributed by atoms with E-state index in [4.69, 9.17) is 4.98 Å². The number of carbonyl (C=O) groups is 1. The van der Waals surface area contributed by atoms with Gasteiger partial charge in [-0.1, -0.05) is 6.07 Å². The molecule has 156 valence electrons. The van der Waals surface area contributed by atoms with E-state index >= 15 is 0 Å². The normalized spacial score (nSPS) is 20.7. The Kier molecular flexibility index (Phi) is 4.30. The molecule has 1 aromatic heterocycles. The molecule has 5 rings (SSSR count). The number of nitrogens with zero attached hydrogens (tertiary/aromatic N) is 2. The summed E-state index contributed by atoms with van der Waals surface area (Å²) in [5.74, 6) is 0.975. The number of hydrogen-bond acceptors (Lipinski definition) is 4. The van der Waals surface area contributed by atoms with E-state index in [-0.39, 0.29) is 24.2 Å². The Bertz CT molecular complexity index is 934. The minimum Gasteiger partial charge on any atom is -0.389 e. The Morgan fingerprint density at radius 3 is 2.31 bits per heavy atom. The second-order valence-electron chi connectivity index (χ2n) is 9.92. The summed E-state index contributed by atoms with van der Waals surface area (Å²) >= 11 is 0. The monoisotopic (exact) mass is 397 g/mol. The van der Waals surface area contributed by atoms with Crippen molar-refractivity contribution < 1.29 is 15.0 Å². The second kappa shape index (κ2) is 6.54. The molecule has 0 saturated heterocycles. The fourth-order valence-electron chi connectivity index (χ4n) is 4.79. The first kappa shape index (κ1) is 19.1. The molecule has 1 heterocycles. The van der Waals surface area contributed by atoms with Crippen molar-refractivity contribution in [1.82, 2.24) is 9.55 Å². The van der Waals surface area contributed by atoms with Crippen molar-refractivity contribution in [2.45, 2.75) is 82.5 Å². The van der Waals surface area contributed by atoms with Crippen molar-refractivity contribution in [3.8, 4) is 0 Å². The van der Waals surface area contributed by atoms with Gasteiger partial charge in [0.15, 0.2) is 0 Å². The highest BCUT2D eigenvalue weighted by molar-refractivity contribution is 5.92. The van der Waals surface area contributed by atoms with Crippen LogP contribution in [-0.4, -0.2) is 31.3 Å². The average molecular weight is 398 g/mol. The van der Waals surface area contributed by atoms with Crippen LogP contribution in [-0.2, 0) is 10.4 Å². The van der Waals surface area contributed by atoms with Crippen LogP contribution in [0.5, 0.6) is 0 Å². The molecule has 3 aliphatic rings. The Morgan fingerprint density at radius 1 is 1.14 bits per heavy atom. The van der Waals surface area contributed by atoms with Crippen LogP contribution in [0.25, 0.3) is 11.0 Å². The minimum atomic E-state index is -0.933. The van der Waals surface area contributed by atoms with Crippen LogP contribution in [0, 0.1) is 11.8 Å². The summed E-state index contributed by atoms with van der Waals surface area (Å²) < 4.78 is 2.12. The summed E-state index contributed by atoms with van der Waals surface area (Å²) in [6.45, 7) is 3.55. The van der Waals surface area contributed by atoms with Crippen LogP contribution in [0.4, 0.5) is 5.95 Å². The number of carbonyl (C=O) groups excluding carboxylic acids is 1. The van der Waals surface area contributed by atoms with Crippen LogP contribution in [0.15, 0.2) is 18.2 Å². The van der Waals surface area contributed by atoms with Gasteiger partial charge in [0.05, 0.1) is 28.7 Å². The van der Waals surface area contributed by atoms with Crippen molar-refractivity contribution in [2.75, 3.05) is 5.32 Å². The Morgan fingerprint density at radius 2 is 1.79 bits per heavy atom. The van der Waals surface area contributed by atoms with Gasteiger partial charge in [-0.2, -0.15) is 0 Å². The molecule has 3 N–H and O–H groups in total. The van der Waals surface area contributed by atoms with Crippen molar-refractivity contribution >= 4 is 22.9 Å². The molecule has 0 bridgehead atoms. The van der Waals surface area contributed by atoms with Crippen LogP contribution >= 0.6 is 0 Å². The molecule has 0 aliphatic heterocycles. The molecule has 6 nitrogen and oxygen atoms in total. The Labute approximate surface area is 171 Å². The highest BCUT2D eigenvalue weighted by Gasteiger charge is 2.54. The van der Waals surface area contributed by atoms with E-state index in [1.165, 1.54) is 6.42 Å². The van der Waals surface area contributed by atoms with Crippen LogP contribution in [0.1, 0.15) is 76.8 Å². The predicted octanol–water partition coefficient (Wildman–Crippen LogP) is 3.87. The van der Waals surface area contributed by atoms with Crippen LogP contribution in [0.2, 0.25) is 0 Å². The smallest absolute Gasteiger partial charge is 0.229 e. The molecule has 3 saturated carbocycles. The summed E-state index contributed by atoms with van der Waals surface area (Å²) in [4.78, 5) is 17.6. The third-order valence-electron chi connectivity index (χ3n) is 7.10. The molecular formula is C23H31N3O3. The zero-order chi connectivity index (χ0) is 20.4. The topological polar surface area (TPSA) is 87.4 Å². The highest BCUT2D eigenvalue weighted by atomic mass is 16.3. The number of anilines is 1. The molecule has 0 spiro atoms. The minimum absolute atomic E-state index is 0.148. The first-order chi connectivity index (χ1) is 13.8. The molecule has 3 fully saturated rings. The van der Waals surface area contributed by atoms with E-state index in [2.05, 4.69) is 9.88 Å². The lowest BCUT2D eigenvalue weighted by atomic mass is 9.88. The van der Waals surface area contributed by atoms with E-state index < -0.39 is 11.2 Å². The van der Waals surface area contributed by atoms with E-state index in [1.54, 1.807) is 13.8 Å². The summed E-state index contributed by atoms with van der Waals surface area (Å²) in [5, 5.41) is 24.6. The van der Waals surface area contributed by atoms with Gasteiger partial charge in [-0.3, -0.25) is 10.1 Å². The van der Waals surface area contributed by atoms with Gasteiger partial charge in [0.2, 0.25) is 11.9 Å². The van der Waals surface area contributed by atoms with Gasteiger partial charge < -0.3 is 14.8 Å². The third kappa shape index (κ3) is 3.46. The van der Waals surface area contributed by atoms with E-state index in [1.807, 2.05) is 18.2 Å². The predicted molar refractivity (Wildman–Crippen MR) is 112 cm³/mol. The van der Waals surface area contributed by atoms with Crippen molar-refractivity contribution in [1.29, 1.82) is 0 Å². The fraction of sp³-hybridized carbons (Fsp3) is 0.652. The summed E-state index contributed by atoms with van der Waals surface area (Å²) in [7, 11) is 0. The number of amides is 1. The van der Waals surface area contributed by atoms with Gasteiger partial charge in [0.25, 0.3) is 0 Å². The van der Waals surface area contributed by atoms with E-state index in [0.717, 1.165) is 55.1 Å². The maximum Gasteiger partial charge on any atom is 0.229 e. The standard InChI is InChI=1S/C23H31N3O3/c1-22(2,28)16-10-11-18-19(12-16)26(17-4-3-5-17)21(24-18)25-20(27)13-23(29,14-6-7-14)15-8-9-15/h10-12,14-15,17,28-29H,3-9,13H2,1-2H3,(H,24,25,27). The lowest BCUT2D eigenvalue weighted by Crippen LogP contribution is -2.39. The molecule has 0 radical (unpaired) electrons. The van der Waals surface area contributed by atoms with Gasteiger partial charge >= 0.3 is 0 Å². The molecule has 1 amide bonds. The quantitative estimate of drug-likeness (QED) is 0.662. The fourth-order valence-corrected chi connectivity index (χ4v) is 4.79. The van der Waals surface area contributed by atoms with Crippen molar-refractivity contribution in [2.24, 2.45) is 11.8 Å². The lowest BCUT2D eigenvalue weighted by molar-refractivity contribution is -0.123. The van der Waals surface area contributed by atoms with Crippen molar-refractivity contribution in [3.63, 3.8) is 0 Å². The lowest BCUT2D eigenvalue weighted by Gasteiger charge is -2.30. The molecule has 29 heavy (non-hydrogen) atoms. The summed E-state index contributed by atoms with van der Waals surface area (Å²) in [6.07, 6.45) is 7.57. The zero-order valence-corrected chi connectivity index (χ0v) is 17.3. The van der Waals surface area contributed by atoms with Gasteiger partial charge in [-0.15, -0.1) is 0 Å². The average Bonchev–Trinajstić information content (AvgIpc) is 3.50. The first-order valence-electron chi connectivity index (χ1n) is 11.0. The number of imidazole rings is 1. The second-order valence-corrected chi connectivity index (χ2v) is 9.92. The van der Waals surface area contributed by atoms with E-state index in [9.17, 15) is 15.0 Å². The number of hydrogen-bond donors (Lipinski definition) is 3. The summed E-state index contributed by atoms with van der Waals surface area (Å²) in [6, 6.07) is 6.11. The largest absolute Gasteiger partial charge is 0.389 e. The molecule has 0 unspecified atom stereocenters. The number of fused-ring (bicyclic) bond motifs is 1. The SMILES string of the molecule is CC(C)(O)c1ccc2nc(NC(=O)CC(O)(C3CC3)C3CC3)n(C3CCC3)c2c1. The molecular weight excluding hydrogens is 366 g/mol. The Hall–Kier alpha value is -1.92. The van der Waals surface area contributed by atoms with Crippen LogP contribution in [0.3, 0.4) is 0 Å². The number of benzene rings is 1. The number of rotatable bonds is 7. The van der Waals surface area contributed by atoms with Gasteiger partial charge in [-0.05, 0) is 88.3 Å². The van der Waals surface area contributed by atoms with Gasteiger partial charge in [0.1, 0.15) is 0 Å². The molecule has 1 aromatic carbocycles. The van der Waals surface area contributed by atoms with E-state index in [0.29, 0.717) is 12.0 Å². The third-order valence-corrected chi connectivity index (χ3v) is 7.10. The Balaban J connectivity index is 1.45. The van der Waals surface area contributed by atoms with Crippen molar-refractivity contribution in [3.05, 3.63) is 23.8 Å². The molecule has 0 atom stereocenters. The maximum absolute atomic E-state index is 12.9. The number of nitrogens with one attached hydrogen (secondary N) is 1.